The SMILES string of the molecule is N=C(Cl)c1sccc1N. The molecule has 0 amide bonds. The van der Waals surface area contributed by atoms with E-state index in [0.717, 1.165) is 0 Å². The summed E-state index contributed by atoms with van der Waals surface area (Å²) in [6, 6.07) is 1.73. The number of nitrogens with two attached hydrogens (primary N) is 1. The molecule has 0 bridgehead atoms. The molecule has 0 radical (unpaired) electrons. The van der Waals surface area contributed by atoms with E-state index in [0.29, 0.717) is 10.6 Å². The summed E-state index contributed by atoms with van der Waals surface area (Å²) in [5.41, 5.74) is 6.01. The standard InChI is InChI=1S/C5H5ClN2S/c6-5(8)4-3(7)1-2-9-4/h1-2,8H,7H2. The van der Waals surface area contributed by atoms with Gasteiger partial charge >= 0.3 is 0 Å². The molecule has 1 aromatic heterocycles. The van der Waals surface area contributed by atoms with E-state index in [4.69, 9.17) is 22.7 Å². The Bertz CT molecular complexity index is 231. The molecule has 48 valence electrons. The maximum atomic E-state index is 6.99. The van der Waals surface area contributed by atoms with Gasteiger partial charge in [0.15, 0.2) is 0 Å². The van der Waals surface area contributed by atoms with Crippen LogP contribution in [0.1, 0.15) is 4.88 Å². The minimum Gasteiger partial charge on any atom is -0.397 e. The molecule has 1 aromatic rings. The second kappa shape index (κ2) is 2.37. The van der Waals surface area contributed by atoms with E-state index < -0.39 is 0 Å². The van der Waals surface area contributed by atoms with Gasteiger partial charge in [0.05, 0.1) is 10.6 Å². The van der Waals surface area contributed by atoms with E-state index in [2.05, 4.69) is 0 Å². The zero-order valence-corrected chi connectivity index (χ0v) is 6.09. The third kappa shape index (κ3) is 1.23. The van der Waals surface area contributed by atoms with Crippen molar-refractivity contribution in [3.63, 3.8) is 0 Å². The molecule has 0 saturated heterocycles. The van der Waals surface area contributed by atoms with Gasteiger partial charge in [0.25, 0.3) is 0 Å². The highest BCUT2D eigenvalue weighted by atomic mass is 35.5. The molecule has 4 heteroatoms. The first-order valence-corrected chi connectivity index (χ1v) is 3.55. The number of rotatable bonds is 1. The molecule has 0 fully saturated rings. The van der Waals surface area contributed by atoms with Crippen LogP contribution in [0.15, 0.2) is 11.4 Å². The molecule has 0 aliphatic carbocycles. The quantitative estimate of drug-likeness (QED) is 0.606. The monoisotopic (exact) mass is 160 g/mol. The molecule has 3 N–H and O–H groups in total. The Kier molecular flexibility index (Phi) is 1.73. The van der Waals surface area contributed by atoms with Crippen LogP contribution in [0.3, 0.4) is 0 Å². The molecule has 2 nitrogen and oxygen atoms in total. The van der Waals surface area contributed by atoms with Crippen LogP contribution in [0.5, 0.6) is 0 Å². The Morgan fingerprint density at radius 1 is 1.78 bits per heavy atom. The fraction of sp³-hybridized carbons (Fsp3) is 0. The van der Waals surface area contributed by atoms with Gasteiger partial charge in [-0.2, -0.15) is 0 Å². The van der Waals surface area contributed by atoms with Crippen LogP contribution in [0.25, 0.3) is 0 Å². The summed E-state index contributed by atoms with van der Waals surface area (Å²) < 4.78 is 0. The summed E-state index contributed by atoms with van der Waals surface area (Å²) in [5, 5.41) is 8.81. The van der Waals surface area contributed by atoms with Crippen molar-refractivity contribution < 1.29 is 0 Å². The lowest BCUT2D eigenvalue weighted by Crippen LogP contribution is -1.90. The molecular formula is C5H5ClN2S. The zero-order chi connectivity index (χ0) is 6.85. The van der Waals surface area contributed by atoms with Crippen LogP contribution in [0.4, 0.5) is 5.69 Å². The molecule has 0 aromatic carbocycles. The molecule has 1 heterocycles. The zero-order valence-electron chi connectivity index (χ0n) is 4.52. The van der Waals surface area contributed by atoms with Gasteiger partial charge in [-0.3, -0.25) is 5.41 Å². The second-order valence-corrected chi connectivity index (χ2v) is 2.81. The van der Waals surface area contributed by atoms with Crippen LogP contribution >= 0.6 is 22.9 Å². The van der Waals surface area contributed by atoms with Crippen molar-refractivity contribution in [2.45, 2.75) is 0 Å². The molecule has 0 aliphatic heterocycles. The van der Waals surface area contributed by atoms with Gasteiger partial charge in [-0.05, 0) is 11.4 Å². The maximum Gasteiger partial charge on any atom is 0.140 e. The topological polar surface area (TPSA) is 49.9 Å². The minimum absolute atomic E-state index is 0.0162. The van der Waals surface area contributed by atoms with Gasteiger partial charge < -0.3 is 5.73 Å². The van der Waals surface area contributed by atoms with Crippen LogP contribution in [-0.2, 0) is 0 Å². The van der Waals surface area contributed by atoms with Gasteiger partial charge in [-0.25, -0.2) is 0 Å². The molecule has 1 rings (SSSR count). The Hall–Kier alpha value is -0.540. The van der Waals surface area contributed by atoms with E-state index in [1.165, 1.54) is 11.3 Å². The number of anilines is 1. The summed E-state index contributed by atoms with van der Waals surface area (Å²) in [5.74, 6) is 0. The average molecular weight is 161 g/mol. The number of halogens is 1. The number of nitrogens with one attached hydrogen (secondary N) is 1. The van der Waals surface area contributed by atoms with Crippen molar-refractivity contribution in [1.82, 2.24) is 0 Å². The van der Waals surface area contributed by atoms with E-state index >= 15 is 0 Å². The van der Waals surface area contributed by atoms with E-state index in [-0.39, 0.29) is 5.17 Å². The second-order valence-electron chi connectivity index (χ2n) is 1.52. The molecule has 0 unspecified atom stereocenters. The molecule has 0 aliphatic rings. The van der Waals surface area contributed by atoms with Crippen LogP contribution in [0, 0.1) is 5.41 Å². The van der Waals surface area contributed by atoms with E-state index in [1.54, 1.807) is 6.07 Å². The third-order valence-electron chi connectivity index (χ3n) is 0.895. The van der Waals surface area contributed by atoms with Crippen LogP contribution in [-0.4, -0.2) is 5.17 Å². The first-order valence-electron chi connectivity index (χ1n) is 2.29. The predicted molar refractivity (Wildman–Crippen MR) is 41.4 cm³/mol. The summed E-state index contributed by atoms with van der Waals surface area (Å²) in [6.45, 7) is 0. The highest BCUT2D eigenvalue weighted by Gasteiger charge is 2.02. The maximum absolute atomic E-state index is 6.99. The lowest BCUT2D eigenvalue weighted by molar-refractivity contribution is 1.55. The average Bonchev–Trinajstić information content (AvgIpc) is 2.13. The highest BCUT2D eigenvalue weighted by Crippen LogP contribution is 2.20. The largest absolute Gasteiger partial charge is 0.397 e. The molecular weight excluding hydrogens is 156 g/mol. The van der Waals surface area contributed by atoms with Crippen molar-refractivity contribution in [3.8, 4) is 0 Å². The molecule has 0 atom stereocenters. The van der Waals surface area contributed by atoms with Crippen molar-refractivity contribution in [2.24, 2.45) is 0 Å². The third-order valence-corrected chi connectivity index (χ3v) is 2.14. The molecule has 0 saturated carbocycles. The fourth-order valence-electron chi connectivity index (χ4n) is 0.498. The minimum atomic E-state index is 0.0162. The first kappa shape index (κ1) is 6.58. The van der Waals surface area contributed by atoms with Gasteiger partial charge in [0.2, 0.25) is 0 Å². The normalized spacial score (nSPS) is 9.44. The number of hydrogen-bond donors (Lipinski definition) is 2. The van der Waals surface area contributed by atoms with Gasteiger partial charge in [0, 0.05) is 0 Å². The summed E-state index contributed by atoms with van der Waals surface area (Å²) in [7, 11) is 0. The van der Waals surface area contributed by atoms with Crippen molar-refractivity contribution in [3.05, 3.63) is 16.3 Å². The predicted octanol–water partition coefficient (Wildman–Crippen LogP) is 1.89. The summed E-state index contributed by atoms with van der Waals surface area (Å²) >= 11 is 6.74. The smallest absolute Gasteiger partial charge is 0.140 e. The Balaban J connectivity index is 3.08. The summed E-state index contributed by atoms with van der Waals surface area (Å²) in [6.07, 6.45) is 0. The van der Waals surface area contributed by atoms with Gasteiger partial charge in [-0.15, -0.1) is 11.3 Å². The lowest BCUT2D eigenvalue weighted by Gasteiger charge is -1.89. The Labute approximate surface area is 61.8 Å². The van der Waals surface area contributed by atoms with E-state index in [9.17, 15) is 0 Å². The fourth-order valence-corrected chi connectivity index (χ4v) is 1.40. The van der Waals surface area contributed by atoms with Gasteiger partial charge in [-0.1, -0.05) is 11.6 Å². The van der Waals surface area contributed by atoms with Crippen molar-refractivity contribution >= 4 is 33.8 Å². The first-order chi connectivity index (χ1) is 4.22. The van der Waals surface area contributed by atoms with Crippen molar-refractivity contribution in [2.75, 3.05) is 5.73 Å². The van der Waals surface area contributed by atoms with Crippen LogP contribution in [0.2, 0.25) is 0 Å². The Morgan fingerprint density at radius 3 is 2.67 bits per heavy atom. The van der Waals surface area contributed by atoms with Gasteiger partial charge in [0.1, 0.15) is 5.17 Å². The van der Waals surface area contributed by atoms with Crippen molar-refractivity contribution in [1.29, 1.82) is 5.41 Å². The number of nitrogen functional groups attached to an aromatic ring is 1. The summed E-state index contributed by atoms with van der Waals surface area (Å²) in [4.78, 5) is 0.650. The van der Waals surface area contributed by atoms with Crippen LogP contribution < -0.4 is 5.73 Å². The lowest BCUT2D eigenvalue weighted by atomic mass is 10.4. The highest BCUT2D eigenvalue weighted by molar-refractivity contribution is 7.14. The number of hydrogen-bond acceptors (Lipinski definition) is 3. The molecule has 0 spiro atoms. The van der Waals surface area contributed by atoms with E-state index in [1.807, 2.05) is 5.38 Å². The molecule has 9 heavy (non-hydrogen) atoms. The number of thiophene rings is 1. The Morgan fingerprint density at radius 2 is 2.44 bits per heavy atom.